The van der Waals surface area contributed by atoms with Crippen LogP contribution in [0.15, 0.2) is 424 Å². The second kappa shape index (κ2) is 37.3. The van der Waals surface area contributed by atoms with E-state index < -0.39 is 37.2 Å². The van der Waals surface area contributed by atoms with Crippen LogP contribution in [0.4, 0.5) is 0 Å². The third-order valence-electron chi connectivity index (χ3n) is 16.3. The summed E-state index contributed by atoms with van der Waals surface area (Å²) >= 11 is 0. The zero-order valence-corrected chi connectivity index (χ0v) is 60.6. The van der Waals surface area contributed by atoms with Crippen LogP contribution in [0.25, 0.3) is 11.1 Å². The van der Waals surface area contributed by atoms with E-state index in [1.807, 2.05) is 22.9 Å². The van der Waals surface area contributed by atoms with Gasteiger partial charge in [-0.25, -0.2) is 15.0 Å². The number of benzene rings is 13. The Labute approximate surface area is 608 Å². The number of fused-ring (bicyclic) bond motifs is 1. The van der Waals surface area contributed by atoms with E-state index >= 15 is 0 Å². The second-order valence-electron chi connectivity index (χ2n) is 23.2. The zero-order chi connectivity index (χ0) is 67.5. The Kier molecular flexibility index (Phi) is 26.6. The molecule has 0 bridgehead atoms. The first-order chi connectivity index (χ1) is 49.0. The summed E-state index contributed by atoms with van der Waals surface area (Å²) in [6.07, 6.45) is 8.83. The number of aromatic nitrogens is 4. The average molecular weight is 1460 g/mol. The smallest absolute Gasteiger partial charge is 0.175 e. The summed E-state index contributed by atoms with van der Waals surface area (Å²) in [5.41, 5.74) is 8.82. The van der Waals surface area contributed by atoms with Gasteiger partial charge in [-0.05, 0) is 119 Å². The van der Waals surface area contributed by atoms with Gasteiger partial charge in [0.15, 0.2) is 11.7 Å². The number of hydrogen-bond donors (Lipinski definition) is 1. The van der Waals surface area contributed by atoms with Crippen LogP contribution in [0, 0.1) is 0 Å². The van der Waals surface area contributed by atoms with Gasteiger partial charge in [-0.1, -0.05) is 382 Å². The fourth-order valence-corrected chi connectivity index (χ4v) is 20.9. The van der Waals surface area contributed by atoms with E-state index in [0.717, 1.165) is 22.5 Å². The number of nitrogens with two attached hydrogens (primary N) is 1. The average Bonchev–Trinajstić information content (AvgIpc) is 1.42. The summed E-state index contributed by atoms with van der Waals surface area (Å²) < 4.78 is 2.04. The van der Waals surface area contributed by atoms with Gasteiger partial charge in [0.25, 0.3) is 0 Å². The minimum Gasteiger partial charge on any atom is -0.381 e. The van der Waals surface area contributed by atoms with Crippen molar-refractivity contribution in [3.8, 4) is 11.1 Å². The van der Waals surface area contributed by atoms with Crippen molar-refractivity contribution in [1.82, 2.24) is 19.5 Å². The molecule has 0 fully saturated rings. The molecule has 3 heterocycles. The molecular weight excluding hydrogens is 1380 g/mol. The van der Waals surface area contributed by atoms with Crippen LogP contribution >= 0.6 is 31.7 Å². The number of nitrogens with zero attached hydrogens (tertiary/aromatic N) is 5. The van der Waals surface area contributed by atoms with Crippen molar-refractivity contribution in [3.63, 3.8) is 0 Å². The molecule has 0 saturated heterocycles. The molecule has 11 heteroatoms. The molecule has 0 amide bonds. The van der Waals surface area contributed by atoms with Crippen molar-refractivity contribution in [3.05, 3.63) is 431 Å². The van der Waals surface area contributed by atoms with Crippen LogP contribution in [0.1, 0.15) is 18.3 Å². The minimum absolute atomic E-state index is 0. The van der Waals surface area contributed by atoms with Gasteiger partial charge >= 0.3 is 0 Å². The number of imidazole rings is 1. The molecule has 1 aliphatic rings. The Bertz CT molecular complexity index is 3970. The van der Waals surface area contributed by atoms with E-state index in [0.29, 0.717) is 12.4 Å². The standard InChI is InChI=1S/4C18H15P.C17H16N6.Pd/c4*1-4-10-16(11-5-1)19(17-12-6-2-7-13-17)18-14-8-3-9-15-18;1-17(10-23-6-5-21-16(23)15(18)22-17)14-4-2-3-12(7-14)13-8-19-11-20-9-13;/h4*1-15H;2-9,11H,10H2,1H3,(H2,18,22);/t;;;;17-;/m....0./s1. The van der Waals surface area contributed by atoms with Crippen molar-refractivity contribution in [2.45, 2.75) is 19.0 Å². The van der Waals surface area contributed by atoms with Crippen LogP contribution in [0.5, 0.6) is 0 Å². The molecule has 0 saturated carbocycles. The Hall–Kier alpha value is -10.00. The predicted molar refractivity (Wildman–Crippen MR) is 428 cm³/mol. The third kappa shape index (κ3) is 19.3. The Morgan fingerprint density at radius 1 is 0.310 bits per heavy atom. The second-order valence-corrected chi connectivity index (χ2v) is 32.1. The molecule has 0 spiro atoms. The van der Waals surface area contributed by atoms with Crippen molar-refractivity contribution < 1.29 is 20.4 Å². The van der Waals surface area contributed by atoms with Crippen LogP contribution < -0.4 is 69.4 Å². The molecule has 2 aromatic heterocycles. The quantitative estimate of drug-likeness (QED) is 0.0869. The summed E-state index contributed by atoms with van der Waals surface area (Å²) in [7, 11) is -1.78. The maximum absolute atomic E-state index is 6.10. The van der Waals surface area contributed by atoms with Gasteiger partial charge in [-0.3, -0.25) is 4.99 Å². The van der Waals surface area contributed by atoms with Gasteiger partial charge in [0.05, 0.1) is 6.54 Å². The molecule has 15 aromatic rings. The van der Waals surface area contributed by atoms with E-state index in [1.165, 1.54) is 70.0 Å². The van der Waals surface area contributed by atoms with Gasteiger partial charge in [-0.15, -0.1) is 0 Å². The first kappa shape index (κ1) is 71.3. The van der Waals surface area contributed by atoms with Crippen LogP contribution in [-0.4, -0.2) is 25.4 Å². The molecule has 0 unspecified atom stereocenters. The van der Waals surface area contributed by atoms with Crippen molar-refractivity contribution >= 4 is 101 Å². The molecule has 492 valence electrons. The van der Waals surface area contributed by atoms with Crippen molar-refractivity contribution in [1.29, 1.82) is 0 Å². The summed E-state index contributed by atoms with van der Waals surface area (Å²) in [5, 5.41) is 16.8. The van der Waals surface area contributed by atoms with Gasteiger partial charge in [0.1, 0.15) is 11.9 Å². The molecule has 0 radical (unpaired) electrons. The van der Waals surface area contributed by atoms with Gasteiger partial charge in [0.2, 0.25) is 0 Å². The largest absolute Gasteiger partial charge is 0.381 e. The molecule has 13 aromatic carbocycles. The summed E-state index contributed by atoms with van der Waals surface area (Å²) in [4.78, 5) is 17.1. The van der Waals surface area contributed by atoms with Gasteiger partial charge in [-0.2, -0.15) is 0 Å². The molecule has 0 aliphatic carbocycles. The van der Waals surface area contributed by atoms with E-state index in [9.17, 15) is 0 Å². The van der Waals surface area contributed by atoms with E-state index in [-0.39, 0.29) is 20.4 Å². The summed E-state index contributed by atoms with van der Waals surface area (Å²) in [5.74, 6) is 1.20. The van der Waals surface area contributed by atoms with Gasteiger partial charge < -0.3 is 10.3 Å². The zero-order valence-electron chi connectivity index (χ0n) is 55.5. The molecular formula is C89H76N6P4Pd. The van der Waals surface area contributed by atoms with Crippen LogP contribution in [-0.2, 0) is 32.5 Å². The van der Waals surface area contributed by atoms with E-state index in [1.54, 1.807) is 18.6 Å². The maximum Gasteiger partial charge on any atom is 0.175 e. The normalized spacial score (nSPS) is 12.6. The maximum atomic E-state index is 6.10. The fourth-order valence-electron chi connectivity index (χ4n) is 11.7. The summed E-state index contributed by atoms with van der Waals surface area (Å²) in [6.45, 7) is 2.79. The molecule has 6 nitrogen and oxygen atoms in total. The first-order valence-corrected chi connectivity index (χ1v) is 38.4. The van der Waals surface area contributed by atoms with Crippen LogP contribution in [0.2, 0.25) is 0 Å². The first-order valence-electron chi connectivity index (χ1n) is 33.0. The fraction of sp³-hybridized carbons (Fsp3) is 0.0337. The predicted octanol–water partition coefficient (Wildman–Crippen LogP) is 15.8. The van der Waals surface area contributed by atoms with E-state index in [4.69, 9.17) is 10.7 Å². The SMILES string of the molecule is C[C@@]1(c2cccc(-c3cncnc3)c2)Cn2ccnc2C(N)=N1.[Pd].c1ccc(P(c2ccccc2)c2ccccc2)cc1.c1ccc(P(c2ccccc2)c2ccccc2)cc1.c1ccc(P(c2ccccc2)c2ccccc2)cc1.c1ccc(P(c2ccccc2)c2ccccc2)cc1. The Morgan fingerprint density at radius 3 is 0.790 bits per heavy atom. The molecule has 1 atom stereocenters. The van der Waals surface area contributed by atoms with Gasteiger partial charge in [0, 0.05) is 50.8 Å². The Morgan fingerprint density at radius 2 is 0.550 bits per heavy atom. The third-order valence-corrected chi connectivity index (χ3v) is 26.1. The number of amidine groups is 1. The number of rotatable bonds is 14. The molecule has 100 heavy (non-hydrogen) atoms. The topological polar surface area (TPSA) is 82.0 Å². The van der Waals surface area contributed by atoms with Crippen LogP contribution in [0.3, 0.4) is 0 Å². The monoisotopic (exact) mass is 1460 g/mol. The Balaban J connectivity index is 0.000000126. The molecule has 2 N–H and O–H groups in total. The molecule has 1 aliphatic heterocycles. The number of aliphatic imine (C=N–C) groups is 1. The van der Waals surface area contributed by atoms with Crippen molar-refractivity contribution in [2.24, 2.45) is 10.7 Å². The number of hydrogen-bond acceptors (Lipinski definition) is 5. The molecule has 16 rings (SSSR count). The van der Waals surface area contributed by atoms with Crippen molar-refractivity contribution in [2.75, 3.05) is 0 Å². The minimum atomic E-state index is -0.446. The van der Waals surface area contributed by atoms with E-state index in [2.05, 4.69) is 398 Å². The summed E-state index contributed by atoms with van der Waals surface area (Å²) in [6, 6.07) is 138.